The molecule has 0 saturated carbocycles. The van der Waals surface area contributed by atoms with Crippen molar-refractivity contribution >= 4 is 23.1 Å². The van der Waals surface area contributed by atoms with Gasteiger partial charge in [0, 0.05) is 60.7 Å². The minimum Gasteiger partial charge on any atom is -0.375 e. The number of anilines is 2. The molecule has 4 aliphatic heterocycles. The van der Waals surface area contributed by atoms with Crippen LogP contribution in [0.25, 0.3) is 11.1 Å². The molecule has 1 saturated heterocycles. The molecule has 210 valence electrons. The first kappa shape index (κ1) is 26.0. The standard InChI is InChI=1S/C33H34N4O4/c1-19-14-23-26-15-22(24-17-34-32(39)30(23)24)21-12-8-9-13-25(21)35-33(2)31(40-4)27(16-29(41-33)37(19)26)36(3)18-28(38)20-10-6-5-7-11-20/h5-13,15,27,29,31,35H,1,14,16-18H2,2-4H3,(H,34,39)/t27?,29-,31?,33+/m1/s1. The van der Waals surface area contributed by atoms with Crippen molar-refractivity contribution in [3.8, 4) is 11.1 Å². The summed E-state index contributed by atoms with van der Waals surface area (Å²) in [6.07, 6.45) is 0.361. The maximum absolute atomic E-state index is 13.3. The van der Waals surface area contributed by atoms with Crippen molar-refractivity contribution in [1.29, 1.82) is 0 Å². The van der Waals surface area contributed by atoms with E-state index in [4.69, 9.17) is 9.47 Å². The van der Waals surface area contributed by atoms with Crippen molar-refractivity contribution in [2.24, 2.45) is 0 Å². The van der Waals surface area contributed by atoms with Gasteiger partial charge in [-0.05, 0) is 42.8 Å². The average molecular weight is 551 g/mol. The number of methoxy groups -OCH3 is 1. The van der Waals surface area contributed by atoms with Gasteiger partial charge in [0.15, 0.2) is 11.5 Å². The highest BCUT2D eigenvalue weighted by Crippen LogP contribution is 2.49. The average Bonchev–Trinajstić information content (AvgIpc) is 3.51. The molecule has 4 heterocycles. The van der Waals surface area contributed by atoms with Crippen LogP contribution < -0.4 is 15.5 Å². The van der Waals surface area contributed by atoms with Crippen molar-refractivity contribution < 1.29 is 19.1 Å². The molecule has 0 aliphatic carbocycles. The Morgan fingerprint density at radius 1 is 1.15 bits per heavy atom. The minimum absolute atomic E-state index is 0.0406. The number of likely N-dealkylation sites (N-methyl/N-ethyl adjacent to an activating group) is 1. The summed E-state index contributed by atoms with van der Waals surface area (Å²) in [7, 11) is 3.67. The van der Waals surface area contributed by atoms with Crippen LogP contribution in [0.4, 0.5) is 11.4 Å². The van der Waals surface area contributed by atoms with Crippen molar-refractivity contribution in [3.05, 3.63) is 95.2 Å². The molecular weight excluding hydrogens is 516 g/mol. The SMILES string of the molecule is C=C1Cc2c3cc(c4c2C(=O)NC4)-c2ccccc2N[C@@]2(C)O[C@H](CC(N(C)CC(=O)c4ccccc4)C2OC)N13. The number of allylic oxidation sites excluding steroid dienone is 1. The van der Waals surface area contributed by atoms with E-state index in [1.807, 2.05) is 62.5 Å². The van der Waals surface area contributed by atoms with E-state index < -0.39 is 18.1 Å². The summed E-state index contributed by atoms with van der Waals surface area (Å²) in [5, 5.41) is 6.77. The van der Waals surface area contributed by atoms with Crippen LogP contribution in [0.15, 0.2) is 72.9 Å². The Morgan fingerprint density at radius 2 is 1.90 bits per heavy atom. The van der Waals surface area contributed by atoms with Crippen LogP contribution >= 0.6 is 0 Å². The molecule has 0 aromatic heterocycles. The number of rotatable bonds is 5. The second-order valence-electron chi connectivity index (χ2n) is 11.6. The van der Waals surface area contributed by atoms with Gasteiger partial charge >= 0.3 is 0 Å². The lowest BCUT2D eigenvalue weighted by atomic mass is 9.88. The monoisotopic (exact) mass is 550 g/mol. The number of hydrogen-bond donors (Lipinski definition) is 2. The summed E-state index contributed by atoms with van der Waals surface area (Å²) in [5.41, 5.74) is 7.28. The summed E-state index contributed by atoms with van der Waals surface area (Å²) in [6, 6.07) is 19.5. The second kappa shape index (κ2) is 9.55. The number of fused-ring (bicyclic) bond motifs is 9. The summed E-state index contributed by atoms with van der Waals surface area (Å²) < 4.78 is 13.1. The molecule has 4 atom stereocenters. The van der Waals surface area contributed by atoms with E-state index in [9.17, 15) is 9.59 Å². The zero-order valence-corrected chi connectivity index (χ0v) is 23.6. The van der Waals surface area contributed by atoms with E-state index in [1.165, 1.54) is 0 Å². The third-order valence-electron chi connectivity index (χ3n) is 9.07. The third kappa shape index (κ3) is 4.01. The molecule has 8 heteroatoms. The van der Waals surface area contributed by atoms with Crippen LogP contribution in [0.2, 0.25) is 0 Å². The smallest absolute Gasteiger partial charge is 0.252 e. The number of Topliss-reactive ketones (excluding diaryl/α,β-unsaturated/α-hetero) is 1. The number of nitrogens with zero attached hydrogens (tertiary/aromatic N) is 2. The lowest BCUT2D eigenvalue weighted by Crippen LogP contribution is -2.67. The highest BCUT2D eigenvalue weighted by Gasteiger charge is 2.53. The zero-order chi connectivity index (χ0) is 28.5. The Bertz CT molecular complexity index is 1590. The quantitative estimate of drug-likeness (QED) is 0.451. The number of ketones is 1. The molecule has 4 aliphatic rings. The molecule has 0 spiro atoms. The molecule has 0 radical (unpaired) electrons. The van der Waals surface area contributed by atoms with Crippen molar-refractivity contribution in [1.82, 2.24) is 10.2 Å². The Kier molecular flexibility index (Phi) is 6.04. The Hall–Kier alpha value is -3.98. The Morgan fingerprint density at radius 3 is 2.68 bits per heavy atom. The maximum atomic E-state index is 13.3. The lowest BCUT2D eigenvalue weighted by Gasteiger charge is -2.53. The normalized spacial score (nSPS) is 25.9. The number of carbonyl (C=O) groups is 2. The van der Waals surface area contributed by atoms with E-state index in [-0.39, 0.29) is 24.3 Å². The van der Waals surface area contributed by atoms with E-state index in [0.29, 0.717) is 24.9 Å². The predicted octanol–water partition coefficient (Wildman–Crippen LogP) is 4.56. The molecule has 41 heavy (non-hydrogen) atoms. The van der Waals surface area contributed by atoms with Gasteiger partial charge in [-0.2, -0.15) is 0 Å². The summed E-state index contributed by atoms with van der Waals surface area (Å²) in [6.45, 7) is 7.19. The molecular formula is C33H34N4O4. The molecule has 3 aromatic carbocycles. The maximum Gasteiger partial charge on any atom is 0.252 e. The Balaban J connectivity index is 1.37. The molecule has 1 fully saturated rings. The number of para-hydroxylation sites is 1. The van der Waals surface area contributed by atoms with Gasteiger partial charge in [-0.15, -0.1) is 0 Å². The highest BCUT2D eigenvalue weighted by atomic mass is 16.6. The topological polar surface area (TPSA) is 83.1 Å². The van der Waals surface area contributed by atoms with E-state index >= 15 is 0 Å². The van der Waals surface area contributed by atoms with Crippen molar-refractivity contribution in [3.63, 3.8) is 0 Å². The molecule has 2 unspecified atom stereocenters. The van der Waals surface area contributed by atoms with Crippen molar-refractivity contribution in [2.75, 3.05) is 30.9 Å². The number of ether oxygens (including phenoxy) is 2. The highest BCUT2D eigenvalue weighted by molar-refractivity contribution is 6.05. The molecule has 2 N–H and O–H groups in total. The van der Waals surface area contributed by atoms with Crippen LogP contribution in [0.5, 0.6) is 0 Å². The number of benzene rings is 3. The van der Waals surface area contributed by atoms with Crippen LogP contribution in [0, 0.1) is 0 Å². The van der Waals surface area contributed by atoms with Gasteiger partial charge in [0.2, 0.25) is 0 Å². The van der Waals surface area contributed by atoms with Crippen LogP contribution in [-0.4, -0.2) is 61.4 Å². The fraction of sp³-hybridized carbons (Fsp3) is 0.333. The minimum atomic E-state index is -0.945. The van der Waals surface area contributed by atoms with Gasteiger partial charge in [-0.1, -0.05) is 55.1 Å². The summed E-state index contributed by atoms with van der Waals surface area (Å²) in [5.74, 6) is 0.00963. The molecule has 4 bridgehead atoms. The third-order valence-corrected chi connectivity index (χ3v) is 9.07. The van der Waals surface area contributed by atoms with Crippen LogP contribution in [0.1, 0.15) is 45.2 Å². The zero-order valence-electron chi connectivity index (χ0n) is 23.6. The van der Waals surface area contributed by atoms with Gasteiger partial charge in [0.1, 0.15) is 12.3 Å². The van der Waals surface area contributed by atoms with Gasteiger partial charge in [-0.3, -0.25) is 14.5 Å². The van der Waals surface area contributed by atoms with Gasteiger partial charge in [0.25, 0.3) is 5.91 Å². The van der Waals surface area contributed by atoms with Crippen LogP contribution in [0.3, 0.4) is 0 Å². The van der Waals surface area contributed by atoms with E-state index in [1.54, 1.807) is 7.11 Å². The largest absolute Gasteiger partial charge is 0.375 e. The lowest BCUT2D eigenvalue weighted by molar-refractivity contribution is -0.199. The first-order valence-corrected chi connectivity index (χ1v) is 14.1. The molecule has 1 amide bonds. The van der Waals surface area contributed by atoms with Crippen molar-refractivity contribution in [2.45, 2.75) is 50.4 Å². The number of hydrogen-bond acceptors (Lipinski definition) is 7. The second-order valence-corrected chi connectivity index (χ2v) is 11.6. The first-order valence-electron chi connectivity index (χ1n) is 14.1. The summed E-state index contributed by atoms with van der Waals surface area (Å²) >= 11 is 0. The van der Waals surface area contributed by atoms with Gasteiger partial charge < -0.3 is 25.0 Å². The van der Waals surface area contributed by atoms with Crippen LogP contribution in [-0.2, 0) is 22.4 Å². The fourth-order valence-corrected chi connectivity index (χ4v) is 7.22. The molecule has 7 rings (SSSR count). The first-order chi connectivity index (χ1) is 19.8. The van der Waals surface area contributed by atoms with E-state index in [2.05, 4.69) is 39.1 Å². The molecule has 8 nitrogen and oxygen atoms in total. The number of amides is 1. The van der Waals surface area contributed by atoms with E-state index in [0.717, 1.165) is 44.9 Å². The molecule has 3 aromatic rings. The fourth-order valence-electron chi connectivity index (χ4n) is 7.22. The summed E-state index contributed by atoms with van der Waals surface area (Å²) in [4.78, 5) is 30.6. The number of nitrogens with one attached hydrogen (secondary N) is 2. The van der Waals surface area contributed by atoms with Gasteiger partial charge in [-0.25, -0.2) is 0 Å². The van der Waals surface area contributed by atoms with Gasteiger partial charge in [0.05, 0.1) is 12.1 Å². The predicted molar refractivity (Wildman–Crippen MR) is 158 cm³/mol. The number of carbonyl (C=O) groups excluding carboxylic acids is 2. The Labute approximate surface area is 239 Å².